The number of anilines is 1. The van der Waals surface area contributed by atoms with Gasteiger partial charge in [-0.25, -0.2) is 4.79 Å². The maximum Gasteiger partial charge on any atom is 0.342 e. The van der Waals surface area contributed by atoms with Crippen molar-refractivity contribution in [1.29, 1.82) is 0 Å². The van der Waals surface area contributed by atoms with Crippen LogP contribution < -0.4 is 9.64 Å². The lowest BCUT2D eigenvalue weighted by Crippen LogP contribution is -2.30. The normalized spacial score (nSPS) is 27.7. The molecule has 0 radical (unpaired) electrons. The Morgan fingerprint density at radius 3 is 2.58 bits per heavy atom. The molecule has 0 aromatic heterocycles. The van der Waals surface area contributed by atoms with Gasteiger partial charge in [-0.3, -0.25) is 9.59 Å². The van der Waals surface area contributed by atoms with Crippen LogP contribution in [0.3, 0.4) is 0 Å². The van der Waals surface area contributed by atoms with Crippen LogP contribution in [0.2, 0.25) is 0 Å². The van der Waals surface area contributed by atoms with Crippen LogP contribution in [0.4, 0.5) is 10.5 Å². The van der Waals surface area contributed by atoms with Gasteiger partial charge in [0.1, 0.15) is 23.5 Å². The molecule has 1 saturated heterocycles. The van der Waals surface area contributed by atoms with Crippen molar-refractivity contribution >= 4 is 37.2 Å². The molecule has 2 heterocycles. The van der Waals surface area contributed by atoms with E-state index >= 15 is 0 Å². The summed E-state index contributed by atoms with van der Waals surface area (Å²) in [5.41, 5.74) is 1.23. The topological polar surface area (TPSA) is 101 Å². The largest absolute Gasteiger partial charge is 0.467 e. The van der Waals surface area contributed by atoms with E-state index in [9.17, 15) is 14.4 Å². The molecule has 0 N–H and O–H groups in total. The first-order valence-electron chi connectivity index (χ1n) is 11.9. The zero-order valence-electron chi connectivity index (χ0n) is 21.9. The lowest BCUT2D eigenvalue weighted by molar-refractivity contribution is -0.152. The number of fused-ring (bicyclic) bond motifs is 2. The summed E-state index contributed by atoms with van der Waals surface area (Å²) >= 11 is 0. The minimum absolute atomic E-state index is 0.0997. The first-order valence-corrected chi connectivity index (χ1v) is 11.9. The number of methoxy groups -OCH3 is 1. The Hall–Kier alpha value is -2.95. The molecule has 1 aromatic rings. The molecule has 4 atom stereocenters. The van der Waals surface area contributed by atoms with Crippen LogP contribution in [0.1, 0.15) is 50.0 Å². The van der Waals surface area contributed by atoms with E-state index in [1.165, 1.54) is 25.9 Å². The second kappa shape index (κ2) is 11.4. The zero-order chi connectivity index (χ0) is 26.6. The molecule has 2 unspecified atom stereocenters. The number of nitrogens with zero attached hydrogens (tertiary/aromatic N) is 1. The number of amides is 1. The van der Waals surface area contributed by atoms with Crippen LogP contribution in [0, 0.1) is 5.92 Å². The Morgan fingerprint density at radius 1 is 1.19 bits per heavy atom. The van der Waals surface area contributed by atoms with E-state index in [2.05, 4.69) is 0 Å². The van der Waals surface area contributed by atoms with Crippen LogP contribution in [0.15, 0.2) is 30.4 Å². The molecule has 194 valence electrons. The predicted octanol–water partition coefficient (Wildman–Crippen LogP) is 3.10. The SMILES string of the molecule is BC(=O)N(C)c1cc2c(c(OCOC)c1)C(=O)O[C@@H](C)[C@H](C)/C=C\C(=O)C1OC(C)(C)OC1C/C=C/2. The summed E-state index contributed by atoms with van der Waals surface area (Å²) in [5, 5.41) is 0. The molecule has 1 amide bonds. The van der Waals surface area contributed by atoms with Gasteiger partial charge < -0.3 is 28.6 Å². The minimum Gasteiger partial charge on any atom is -0.467 e. The number of rotatable bonds is 4. The number of cyclic esters (lactones) is 1. The van der Waals surface area contributed by atoms with E-state index in [0.29, 0.717) is 17.7 Å². The summed E-state index contributed by atoms with van der Waals surface area (Å²) in [7, 11) is 4.55. The molecule has 2 aliphatic rings. The van der Waals surface area contributed by atoms with E-state index in [4.69, 9.17) is 23.7 Å². The van der Waals surface area contributed by atoms with Gasteiger partial charge in [0.2, 0.25) is 7.85 Å². The number of benzene rings is 1. The van der Waals surface area contributed by atoms with Crippen molar-refractivity contribution in [1.82, 2.24) is 0 Å². The molecule has 0 bridgehead atoms. The molecular formula is C26H34BNO8. The number of hydrogen-bond donors (Lipinski definition) is 0. The Balaban J connectivity index is 2.13. The summed E-state index contributed by atoms with van der Waals surface area (Å²) < 4.78 is 28.5. The fraction of sp³-hybridized carbons (Fsp3) is 0.500. The van der Waals surface area contributed by atoms with Crippen LogP contribution in [-0.4, -0.2) is 70.5 Å². The van der Waals surface area contributed by atoms with Gasteiger partial charge in [-0.05, 0) is 44.9 Å². The second-order valence-corrected chi connectivity index (χ2v) is 9.50. The lowest BCUT2D eigenvalue weighted by Gasteiger charge is -2.23. The second-order valence-electron chi connectivity index (χ2n) is 9.50. The van der Waals surface area contributed by atoms with Crippen LogP contribution in [0.25, 0.3) is 6.08 Å². The molecule has 0 aliphatic carbocycles. The molecule has 2 aliphatic heterocycles. The highest BCUT2D eigenvalue weighted by atomic mass is 16.8. The number of carbonyl (C=O) groups is 3. The van der Waals surface area contributed by atoms with Gasteiger partial charge in [0, 0.05) is 31.8 Å². The van der Waals surface area contributed by atoms with Crippen molar-refractivity contribution in [2.45, 2.75) is 58.2 Å². The van der Waals surface area contributed by atoms with Crippen molar-refractivity contribution in [2.75, 3.05) is 25.9 Å². The van der Waals surface area contributed by atoms with Gasteiger partial charge in [0.15, 0.2) is 24.2 Å². The van der Waals surface area contributed by atoms with Gasteiger partial charge in [0.25, 0.3) is 0 Å². The number of hydrogen-bond acceptors (Lipinski definition) is 8. The number of ketones is 1. The van der Waals surface area contributed by atoms with Crippen LogP contribution in [-0.2, 0) is 23.7 Å². The maximum absolute atomic E-state index is 13.4. The van der Waals surface area contributed by atoms with E-state index in [0.717, 1.165) is 0 Å². The van der Waals surface area contributed by atoms with Crippen LogP contribution in [0.5, 0.6) is 5.75 Å². The molecule has 3 rings (SSSR count). The van der Waals surface area contributed by atoms with Gasteiger partial charge in [-0.1, -0.05) is 25.2 Å². The monoisotopic (exact) mass is 499 g/mol. The number of ether oxygens (including phenoxy) is 5. The fourth-order valence-electron chi connectivity index (χ4n) is 3.99. The Morgan fingerprint density at radius 2 is 1.92 bits per heavy atom. The number of esters is 1. The highest BCUT2D eigenvalue weighted by Gasteiger charge is 2.43. The zero-order valence-corrected chi connectivity index (χ0v) is 21.9. The van der Waals surface area contributed by atoms with E-state index < -0.39 is 30.1 Å². The van der Waals surface area contributed by atoms with E-state index in [1.807, 2.05) is 6.92 Å². The Bertz CT molecular complexity index is 1070. The first kappa shape index (κ1) is 27.6. The molecular weight excluding hydrogens is 465 g/mol. The van der Waals surface area contributed by atoms with Crippen molar-refractivity contribution in [3.8, 4) is 5.75 Å². The van der Waals surface area contributed by atoms with Gasteiger partial charge in [-0.15, -0.1) is 0 Å². The third kappa shape index (κ3) is 6.43. The first-order chi connectivity index (χ1) is 16.9. The van der Waals surface area contributed by atoms with Crippen molar-refractivity contribution in [3.05, 3.63) is 41.5 Å². The van der Waals surface area contributed by atoms with Crippen molar-refractivity contribution in [3.63, 3.8) is 0 Å². The van der Waals surface area contributed by atoms with E-state index in [1.54, 1.807) is 58.2 Å². The molecule has 0 spiro atoms. The maximum atomic E-state index is 13.4. The molecule has 1 aromatic carbocycles. The van der Waals surface area contributed by atoms with Gasteiger partial charge in [0.05, 0.1) is 6.10 Å². The smallest absolute Gasteiger partial charge is 0.342 e. The van der Waals surface area contributed by atoms with Gasteiger partial charge >= 0.3 is 5.97 Å². The molecule has 9 nitrogen and oxygen atoms in total. The van der Waals surface area contributed by atoms with Crippen molar-refractivity contribution in [2.24, 2.45) is 5.92 Å². The molecule has 1 fully saturated rings. The predicted molar refractivity (Wildman–Crippen MR) is 137 cm³/mol. The van der Waals surface area contributed by atoms with Gasteiger partial charge in [-0.2, -0.15) is 0 Å². The standard InChI is InChI=1S/C26H34BNO8/c1-15-10-11-19(29)23-20(35-26(3,4)36-23)9-7-8-17-12-18(28(5)25(27)31)13-21(33-14-32-6)22(17)24(30)34-16(15)2/h7-8,10-13,15-16,20,23H,9,14,27H2,1-6H3/b8-7+,11-10-/t15-,16+,20?,23?/m1/s1. The van der Waals surface area contributed by atoms with Crippen LogP contribution >= 0.6 is 0 Å². The fourth-order valence-corrected chi connectivity index (χ4v) is 3.99. The third-order valence-corrected chi connectivity index (χ3v) is 6.24. The molecule has 36 heavy (non-hydrogen) atoms. The summed E-state index contributed by atoms with van der Waals surface area (Å²) in [6.07, 6.45) is 5.27. The average molecular weight is 499 g/mol. The molecule has 0 saturated carbocycles. The number of carbonyl (C=O) groups excluding carboxylic acids is 3. The highest BCUT2D eigenvalue weighted by molar-refractivity contribution is 6.60. The summed E-state index contributed by atoms with van der Waals surface area (Å²) in [4.78, 5) is 39.8. The summed E-state index contributed by atoms with van der Waals surface area (Å²) in [6, 6.07) is 3.32. The van der Waals surface area contributed by atoms with E-state index in [-0.39, 0.29) is 35.6 Å². The summed E-state index contributed by atoms with van der Waals surface area (Å²) in [5.74, 6) is -1.91. The third-order valence-electron chi connectivity index (χ3n) is 6.24. The quantitative estimate of drug-likeness (QED) is 0.354. The summed E-state index contributed by atoms with van der Waals surface area (Å²) in [6.45, 7) is 7.05. The average Bonchev–Trinajstić information content (AvgIpc) is 3.13. The Kier molecular flexibility index (Phi) is 8.76. The van der Waals surface area contributed by atoms with Crippen molar-refractivity contribution < 1.29 is 38.1 Å². The highest BCUT2D eigenvalue weighted by Crippen LogP contribution is 2.34. The molecule has 10 heteroatoms. The Labute approximate surface area is 212 Å². The minimum atomic E-state index is -0.908. The lowest BCUT2D eigenvalue weighted by atomic mass is 9.99.